The summed E-state index contributed by atoms with van der Waals surface area (Å²) in [6, 6.07) is 9.65. The Bertz CT molecular complexity index is 1210. The Balaban J connectivity index is 1.71. The van der Waals surface area contributed by atoms with Gasteiger partial charge in [0, 0.05) is 18.9 Å². The topological polar surface area (TPSA) is 75.0 Å². The summed E-state index contributed by atoms with van der Waals surface area (Å²) in [5.74, 6) is 0.447. The van der Waals surface area contributed by atoms with Crippen molar-refractivity contribution in [2.75, 3.05) is 30.1 Å². The van der Waals surface area contributed by atoms with Crippen LogP contribution in [0.3, 0.4) is 0 Å². The van der Waals surface area contributed by atoms with Gasteiger partial charge in [-0.2, -0.15) is 18.4 Å². The molecule has 0 radical (unpaired) electrons. The zero-order valence-electron chi connectivity index (χ0n) is 18.5. The first kappa shape index (κ1) is 23.8. The third-order valence-corrected chi connectivity index (χ3v) is 5.98. The number of carbonyl (C=O) groups is 1. The number of methoxy groups -OCH3 is 1. The minimum absolute atomic E-state index is 0.00164. The van der Waals surface area contributed by atoms with Crippen LogP contribution in [0.25, 0.3) is 0 Å². The Kier molecular flexibility index (Phi) is 5.91. The van der Waals surface area contributed by atoms with Gasteiger partial charge in [0.25, 0.3) is 5.91 Å². The highest BCUT2D eigenvalue weighted by Crippen LogP contribution is 2.42. The van der Waals surface area contributed by atoms with Crippen molar-refractivity contribution in [2.24, 2.45) is 0 Å². The highest BCUT2D eigenvalue weighted by atomic mass is 32.1. The molecular formula is C23H20F3N3O4S. The molecule has 0 saturated carbocycles. The van der Waals surface area contributed by atoms with Crippen LogP contribution in [0, 0.1) is 11.3 Å². The normalized spacial score (nSPS) is 19.4. The fourth-order valence-corrected chi connectivity index (χ4v) is 4.49. The molecule has 4 rings (SSSR count). The molecule has 1 amide bonds. The molecule has 1 saturated heterocycles. The quantitative estimate of drug-likeness (QED) is 0.591. The number of halogens is 3. The van der Waals surface area contributed by atoms with Crippen LogP contribution >= 0.6 is 12.2 Å². The van der Waals surface area contributed by atoms with E-state index in [0.717, 1.165) is 17.0 Å². The molecule has 2 heterocycles. The smallest absolute Gasteiger partial charge is 0.417 e. The second kappa shape index (κ2) is 8.45. The van der Waals surface area contributed by atoms with E-state index in [1.165, 1.54) is 12.1 Å². The molecule has 34 heavy (non-hydrogen) atoms. The summed E-state index contributed by atoms with van der Waals surface area (Å²) >= 11 is 5.55. The third kappa shape index (κ3) is 3.93. The monoisotopic (exact) mass is 491 g/mol. The number of amides is 1. The lowest BCUT2D eigenvalue weighted by atomic mass is 10.0. The van der Waals surface area contributed by atoms with Gasteiger partial charge in [0.2, 0.25) is 0 Å². The van der Waals surface area contributed by atoms with Crippen LogP contribution in [-0.2, 0) is 15.7 Å². The average molecular weight is 491 g/mol. The standard InChI is InChI=1S/C23H20F3N3O4S/c1-22(2)20(30)28(14-5-4-13(10-27)17(8-14)23(24,25)26)21(34)29(22)15-6-7-18-19(9-15)32-12-16(33-18)11-31-3/h4-9,16H,11-12H2,1-3H3/t16-/m0/s1. The molecule has 2 aliphatic rings. The number of nitrogens with zero attached hydrogens (tertiary/aromatic N) is 3. The second-order valence-electron chi connectivity index (χ2n) is 8.29. The zero-order valence-corrected chi connectivity index (χ0v) is 19.3. The van der Waals surface area contributed by atoms with E-state index in [-0.39, 0.29) is 23.5 Å². The van der Waals surface area contributed by atoms with Gasteiger partial charge in [-0.1, -0.05) is 0 Å². The van der Waals surface area contributed by atoms with Gasteiger partial charge in [-0.15, -0.1) is 0 Å². The summed E-state index contributed by atoms with van der Waals surface area (Å²) in [7, 11) is 1.56. The molecule has 11 heteroatoms. The molecule has 2 aliphatic heterocycles. The summed E-state index contributed by atoms with van der Waals surface area (Å²) in [6.07, 6.45) is -5.03. The van der Waals surface area contributed by atoms with Crippen molar-refractivity contribution >= 4 is 34.6 Å². The number of alkyl halides is 3. The van der Waals surface area contributed by atoms with E-state index in [9.17, 15) is 18.0 Å². The number of carbonyl (C=O) groups excluding carboxylic acids is 1. The van der Waals surface area contributed by atoms with Crippen molar-refractivity contribution in [3.63, 3.8) is 0 Å². The summed E-state index contributed by atoms with van der Waals surface area (Å²) in [4.78, 5) is 15.9. The predicted molar refractivity (Wildman–Crippen MR) is 121 cm³/mol. The van der Waals surface area contributed by atoms with Crippen molar-refractivity contribution < 1.29 is 32.2 Å². The SMILES string of the molecule is COC[C@H]1COc2cc(N3C(=S)N(c4ccc(C#N)c(C(F)(F)F)c4)C(=O)C3(C)C)ccc2O1. The number of thiocarbonyl (C=S) groups is 1. The Hall–Kier alpha value is -3.36. The van der Waals surface area contributed by atoms with E-state index >= 15 is 0 Å². The van der Waals surface area contributed by atoms with Crippen molar-refractivity contribution in [1.29, 1.82) is 5.26 Å². The van der Waals surface area contributed by atoms with Crippen LogP contribution in [0.5, 0.6) is 11.5 Å². The molecule has 0 aliphatic carbocycles. The van der Waals surface area contributed by atoms with E-state index in [1.807, 2.05) is 0 Å². The second-order valence-corrected chi connectivity index (χ2v) is 8.66. The number of ether oxygens (including phenoxy) is 3. The van der Waals surface area contributed by atoms with Crippen LogP contribution in [0.4, 0.5) is 24.5 Å². The van der Waals surface area contributed by atoms with Gasteiger partial charge in [0.1, 0.15) is 12.1 Å². The average Bonchev–Trinajstić information content (AvgIpc) is 2.96. The number of hydrogen-bond donors (Lipinski definition) is 0. The maximum atomic E-state index is 13.5. The maximum Gasteiger partial charge on any atom is 0.417 e. The molecule has 2 aromatic carbocycles. The van der Waals surface area contributed by atoms with Crippen LogP contribution in [0.15, 0.2) is 36.4 Å². The first-order valence-electron chi connectivity index (χ1n) is 10.2. The summed E-state index contributed by atoms with van der Waals surface area (Å²) in [6.45, 7) is 3.88. The molecular weight excluding hydrogens is 471 g/mol. The molecule has 0 unspecified atom stereocenters. The van der Waals surface area contributed by atoms with Crippen molar-refractivity contribution in [2.45, 2.75) is 31.7 Å². The first-order valence-corrected chi connectivity index (χ1v) is 10.6. The predicted octanol–water partition coefficient (Wildman–Crippen LogP) is 4.28. The minimum Gasteiger partial charge on any atom is -0.486 e. The van der Waals surface area contributed by atoms with E-state index < -0.39 is 28.7 Å². The number of anilines is 2. The molecule has 2 aromatic rings. The van der Waals surface area contributed by atoms with Crippen molar-refractivity contribution in [3.8, 4) is 17.6 Å². The number of benzene rings is 2. The van der Waals surface area contributed by atoms with Gasteiger partial charge < -0.3 is 19.1 Å². The number of hydrogen-bond acceptors (Lipinski definition) is 6. The van der Waals surface area contributed by atoms with Crippen LogP contribution in [0.2, 0.25) is 0 Å². The lowest BCUT2D eigenvalue weighted by molar-refractivity contribution is -0.137. The molecule has 0 aromatic heterocycles. The van der Waals surface area contributed by atoms with Crippen molar-refractivity contribution in [3.05, 3.63) is 47.5 Å². The van der Waals surface area contributed by atoms with Gasteiger partial charge in [-0.3, -0.25) is 9.69 Å². The Labute approximate surface area is 199 Å². The van der Waals surface area contributed by atoms with Crippen molar-refractivity contribution in [1.82, 2.24) is 0 Å². The fourth-order valence-electron chi connectivity index (χ4n) is 3.97. The van der Waals surface area contributed by atoms with Gasteiger partial charge >= 0.3 is 6.18 Å². The molecule has 0 bridgehead atoms. The molecule has 0 N–H and O–H groups in total. The zero-order chi connectivity index (χ0) is 24.8. The molecule has 1 fully saturated rings. The van der Waals surface area contributed by atoms with Crippen LogP contribution in [-0.4, -0.2) is 43.0 Å². The number of fused-ring (bicyclic) bond motifs is 1. The van der Waals surface area contributed by atoms with Gasteiger partial charge in [-0.25, -0.2) is 0 Å². The van der Waals surface area contributed by atoms with E-state index in [0.29, 0.717) is 23.8 Å². The Morgan fingerprint density at radius 2 is 1.91 bits per heavy atom. The summed E-state index contributed by atoms with van der Waals surface area (Å²) < 4.78 is 57.2. The Morgan fingerprint density at radius 1 is 1.21 bits per heavy atom. The number of rotatable bonds is 4. The maximum absolute atomic E-state index is 13.5. The lowest BCUT2D eigenvalue weighted by Crippen LogP contribution is -2.44. The minimum atomic E-state index is -4.77. The third-order valence-electron chi connectivity index (χ3n) is 5.61. The van der Waals surface area contributed by atoms with Gasteiger partial charge in [0.15, 0.2) is 22.7 Å². The Morgan fingerprint density at radius 3 is 2.56 bits per heavy atom. The number of nitriles is 1. The highest BCUT2D eigenvalue weighted by Gasteiger charge is 2.51. The van der Waals surface area contributed by atoms with Gasteiger partial charge in [-0.05, 0) is 56.4 Å². The first-order chi connectivity index (χ1) is 16.0. The van der Waals surface area contributed by atoms with Crippen LogP contribution in [0.1, 0.15) is 25.0 Å². The molecule has 7 nitrogen and oxygen atoms in total. The molecule has 1 atom stereocenters. The lowest BCUT2D eigenvalue weighted by Gasteiger charge is -2.31. The van der Waals surface area contributed by atoms with E-state index in [1.54, 1.807) is 44.1 Å². The summed E-state index contributed by atoms with van der Waals surface area (Å²) in [5, 5.41) is 9.07. The van der Waals surface area contributed by atoms with E-state index in [4.69, 9.17) is 31.7 Å². The fraction of sp³-hybridized carbons (Fsp3) is 0.348. The van der Waals surface area contributed by atoms with Gasteiger partial charge in [0.05, 0.1) is 29.5 Å². The largest absolute Gasteiger partial charge is 0.486 e. The summed E-state index contributed by atoms with van der Waals surface area (Å²) in [5.41, 5.74) is -2.43. The van der Waals surface area contributed by atoms with Crippen LogP contribution < -0.4 is 19.3 Å². The van der Waals surface area contributed by atoms with E-state index in [2.05, 4.69) is 0 Å². The molecule has 0 spiro atoms. The molecule has 178 valence electrons. The highest BCUT2D eigenvalue weighted by molar-refractivity contribution is 7.81.